The number of carbonyl (C=O) groups is 1. The molecular weight excluding hydrogens is 286 g/mol. The number of fused-ring (bicyclic) bond motifs is 1. The Balaban J connectivity index is 1.90. The predicted molar refractivity (Wildman–Crippen MR) is 81.9 cm³/mol. The normalized spacial score (nSPS) is 21.2. The number of hydrogen-bond donors (Lipinski definition) is 0. The van der Waals surface area contributed by atoms with Crippen molar-refractivity contribution in [3.63, 3.8) is 0 Å². The van der Waals surface area contributed by atoms with E-state index < -0.39 is 15.1 Å². The Hall–Kier alpha value is -1.75. The topological polar surface area (TPSA) is 64.1 Å². The maximum absolute atomic E-state index is 12.4. The first-order valence-corrected chi connectivity index (χ1v) is 8.86. The number of Topliss-reactive ketones (excluding diaryl/α,β-unsaturated/α-hetero) is 1. The van der Waals surface area contributed by atoms with E-state index in [-0.39, 0.29) is 18.0 Å². The van der Waals surface area contributed by atoms with E-state index in [1.165, 1.54) is 0 Å². The van der Waals surface area contributed by atoms with Gasteiger partial charge in [-0.25, -0.2) is 8.42 Å². The van der Waals surface area contributed by atoms with E-state index in [2.05, 4.69) is 4.98 Å². The highest BCUT2D eigenvalue weighted by atomic mass is 32.2. The minimum absolute atomic E-state index is 0.139. The van der Waals surface area contributed by atoms with Crippen LogP contribution in [0.3, 0.4) is 0 Å². The van der Waals surface area contributed by atoms with Gasteiger partial charge >= 0.3 is 0 Å². The summed E-state index contributed by atoms with van der Waals surface area (Å²) in [6.45, 7) is 0. The Bertz CT molecular complexity index is 778. The highest BCUT2D eigenvalue weighted by Gasteiger charge is 2.34. The fraction of sp³-hybridized carbons (Fsp3) is 0.375. The third kappa shape index (κ3) is 2.83. The van der Waals surface area contributed by atoms with Gasteiger partial charge in [0.1, 0.15) is 5.25 Å². The lowest BCUT2D eigenvalue weighted by molar-refractivity contribution is -0.118. The molecule has 1 saturated heterocycles. The van der Waals surface area contributed by atoms with Gasteiger partial charge in [0.25, 0.3) is 0 Å². The van der Waals surface area contributed by atoms with Crippen molar-refractivity contribution in [1.82, 2.24) is 4.98 Å². The predicted octanol–water partition coefficient (Wildman–Crippen LogP) is 2.31. The van der Waals surface area contributed by atoms with Crippen molar-refractivity contribution in [2.24, 2.45) is 0 Å². The van der Waals surface area contributed by atoms with Gasteiger partial charge in [-0.05, 0) is 30.5 Å². The van der Waals surface area contributed by atoms with Crippen molar-refractivity contribution >= 4 is 26.5 Å². The Morgan fingerprint density at radius 2 is 2.00 bits per heavy atom. The fourth-order valence-corrected chi connectivity index (χ4v) is 4.83. The van der Waals surface area contributed by atoms with Crippen LogP contribution in [0.2, 0.25) is 0 Å². The van der Waals surface area contributed by atoms with Gasteiger partial charge < -0.3 is 0 Å². The van der Waals surface area contributed by atoms with E-state index in [1.807, 2.05) is 24.3 Å². The lowest BCUT2D eigenvalue weighted by Crippen LogP contribution is -2.36. The number of benzene rings is 1. The molecule has 1 atom stereocenters. The highest BCUT2D eigenvalue weighted by Crippen LogP contribution is 2.23. The molecule has 0 spiro atoms. The second-order valence-corrected chi connectivity index (χ2v) is 7.78. The van der Waals surface area contributed by atoms with Crippen molar-refractivity contribution in [2.45, 2.75) is 30.9 Å². The summed E-state index contributed by atoms with van der Waals surface area (Å²) >= 11 is 0. The van der Waals surface area contributed by atoms with E-state index in [9.17, 15) is 13.2 Å². The molecule has 1 fully saturated rings. The summed E-state index contributed by atoms with van der Waals surface area (Å²) in [5.41, 5.74) is 1.68. The molecule has 0 aliphatic carbocycles. The molecule has 5 heteroatoms. The molecule has 1 aliphatic rings. The van der Waals surface area contributed by atoms with Gasteiger partial charge in [-0.1, -0.05) is 24.6 Å². The van der Waals surface area contributed by atoms with Crippen LogP contribution in [0.25, 0.3) is 10.9 Å². The SMILES string of the molecule is O=C(Cc1ccnc2ccccc12)C1CCCCS1(=O)=O. The summed E-state index contributed by atoms with van der Waals surface area (Å²) in [7, 11) is -3.26. The van der Waals surface area contributed by atoms with Crippen molar-refractivity contribution in [3.05, 3.63) is 42.1 Å². The van der Waals surface area contributed by atoms with Crippen molar-refractivity contribution in [1.29, 1.82) is 0 Å². The van der Waals surface area contributed by atoms with Crippen LogP contribution in [0.15, 0.2) is 36.5 Å². The molecule has 2 heterocycles. The quantitative estimate of drug-likeness (QED) is 0.873. The molecule has 1 aromatic heterocycles. The average molecular weight is 303 g/mol. The molecule has 110 valence electrons. The summed E-state index contributed by atoms with van der Waals surface area (Å²) in [6.07, 6.45) is 3.77. The third-order valence-corrected chi connectivity index (χ3v) is 6.27. The molecule has 0 saturated carbocycles. The molecule has 0 N–H and O–H groups in total. The number of para-hydroxylation sites is 1. The fourth-order valence-electron chi connectivity index (χ4n) is 2.93. The molecule has 1 aliphatic heterocycles. The van der Waals surface area contributed by atoms with Gasteiger partial charge in [0.2, 0.25) is 0 Å². The zero-order valence-electron chi connectivity index (χ0n) is 11.7. The van der Waals surface area contributed by atoms with Crippen LogP contribution in [0, 0.1) is 0 Å². The molecule has 21 heavy (non-hydrogen) atoms. The number of aromatic nitrogens is 1. The standard InChI is InChI=1S/C16H17NO3S/c18-15(16-7-3-4-10-21(16,19)20)11-12-8-9-17-14-6-2-1-5-13(12)14/h1-2,5-6,8-9,16H,3-4,7,10-11H2. The first-order chi connectivity index (χ1) is 10.1. The Kier molecular flexibility index (Phi) is 3.76. The van der Waals surface area contributed by atoms with Gasteiger partial charge in [-0.3, -0.25) is 9.78 Å². The molecule has 0 bridgehead atoms. The van der Waals surface area contributed by atoms with E-state index in [0.717, 1.165) is 22.9 Å². The first-order valence-electron chi connectivity index (χ1n) is 7.15. The summed E-state index contributed by atoms with van der Waals surface area (Å²) in [5, 5.41) is 0.0970. The van der Waals surface area contributed by atoms with Crippen LogP contribution in [-0.2, 0) is 21.1 Å². The number of ketones is 1. The zero-order valence-corrected chi connectivity index (χ0v) is 12.5. The molecule has 2 aromatic rings. The van der Waals surface area contributed by atoms with Crippen LogP contribution in [0.4, 0.5) is 0 Å². The minimum Gasteiger partial charge on any atom is -0.298 e. The monoisotopic (exact) mass is 303 g/mol. The minimum atomic E-state index is -3.26. The van der Waals surface area contributed by atoms with Crippen LogP contribution < -0.4 is 0 Å². The Labute approximate surface area is 124 Å². The second kappa shape index (κ2) is 5.56. The van der Waals surface area contributed by atoms with Crippen LogP contribution in [0.5, 0.6) is 0 Å². The second-order valence-electron chi connectivity index (χ2n) is 5.48. The number of nitrogens with zero attached hydrogens (tertiary/aromatic N) is 1. The van der Waals surface area contributed by atoms with E-state index >= 15 is 0 Å². The number of pyridine rings is 1. The maximum atomic E-state index is 12.4. The lowest BCUT2D eigenvalue weighted by atomic mass is 10.0. The number of sulfone groups is 1. The Morgan fingerprint density at radius 1 is 1.19 bits per heavy atom. The number of rotatable bonds is 3. The smallest absolute Gasteiger partial charge is 0.160 e. The number of hydrogen-bond acceptors (Lipinski definition) is 4. The summed E-state index contributed by atoms with van der Waals surface area (Å²) in [6, 6.07) is 9.40. The third-order valence-electron chi connectivity index (χ3n) is 4.04. The van der Waals surface area contributed by atoms with Gasteiger partial charge in [0.15, 0.2) is 15.6 Å². The van der Waals surface area contributed by atoms with Crippen LogP contribution >= 0.6 is 0 Å². The summed E-state index contributed by atoms with van der Waals surface area (Å²) in [5.74, 6) is -0.0495. The van der Waals surface area contributed by atoms with Gasteiger partial charge in [0.05, 0.1) is 11.3 Å². The van der Waals surface area contributed by atoms with Gasteiger partial charge in [-0.15, -0.1) is 0 Å². The lowest BCUT2D eigenvalue weighted by Gasteiger charge is -2.21. The first kappa shape index (κ1) is 14.2. The number of carbonyl (C=O) groups excluding carboxylic acids is 1. The van der Waals surface area contributed by atoms with Gasteiger partial charge in [-0.2, -0.15) is 0 Å². The molecule has 0 amide bonds. The van der Waals surface area contributed by atoms with E-state index in [1.54, 1.807) is 12.3 Å². The molecule has 4 nitrogen and oxygen atoms in total. The molecular formula is C16H17NO3S. The van der Waals surface area contributed by atoms with Crippen molar-refractivity contribution in [2.75, 3.05) is 5.75 Å². The van der Waals surface area contributed by atoms with Gasteiger partial charge in [0, 0.05) is 18.0 Å². The summed E-state index contributed by atoms with van der Waals surface area (Å²) in [4.78, 5) is 16.7. The maximum Gasteiger partial charge on any atom is 0.160 e. The van der Waals surface area contributed by atoms with Crippen molar-refractivity contribution < 1.29 is 13.2 Å². The molecule has 1 unspecified atom stereocenters. The zero-order chi connectivity index (χ0) is 14.9. The van der Waals surface area contributed by atoms with E-state index in [0.29, 0.717) is 12.8 Å². The molecule has 0 radical (unpaired) electrons. The summed E-state index contributed by atoms with van der Waals surface area (Å²) < 4.78 is 24.1. The largest absolute Gasteiger partial charge is 0.298 e. The highest BCUT2D eigenvalue weighted by molar-refractivity contribution is 7.92. The molecule has 1 aromatic carbocycles. The molecule has 3 rings (SSSR count). The average Bonchev–Trinajstić information content (AvgIpc) is 2.47. The van der Waals surface area contributed by atoms with Crippen LogP contribution in [0.1, 0.15) is 24.8 Å². The van der Waals surface area contributed by atoms with E-state index in [4.69, 9.17) is 0 Å². The van der Waals surface area contributed by atoms with Crippen molar-refractivity contribution in [3.8, 4) is 0 Å². The Morgan fingerprint density at radius 3 is 2.81 bits per heavy atom. The van der Waals surface area contributed by atoms with Crippen LogP contribution in [-0.4, -0.2) is 30.2 Å².